The second kappa shape index (κ2) is 10.4. The highest BCUT2D eigenvalue weighted by Crippen LogP contribution is 2.56. The lowest BCUT2D eigenvalue weighted by atomic mass is 9.92. The van der Waals surface area contributed by atoms with Crippen LogP contribution in [0.25, 0.3) is 11.5 Å². The van der Waals surface area contributed by atoms with Crippen LogP contribution < -0.4 is 0 Å². The Labute approximate surface area is 235 Å². The molecular formula is C27H22Cl3N3O4S. The van der Waals surface area contributed by atoms with Gasteiger partial charge in [-0.25, -0.2) is 8.42 Å². The van der Waals surface area contributed by atoms with Crippen LogP contribution in [0.1, 0.15) is 42.4 Å². The van der Waals surface area contributed by atoms with Crippen LogP contribution in [0.15, 0.2) is 64.1 Å². The maximum absolute atomic E-state index is 12.7. The fourth-order valence-corrected chi connectivity index (χ4v) is 6.22. The van der Waals surface area contributed by atoms with Crippen LogP contribution in [-0.2, 0) is 32.9 Å². The van der Waals surface area contributed by atoms with E-state index in [4.69, 9.17) is 39.3 Å². The predicted molar refractivity (Wildman–Crippen MR) is 146 cm³/mol. The van der Waals surface area contributed by atoms with Crippen molar-refractivity contribution in [1.82, 2.24) is 15.1 Å². The molecule has 0 amide bonds. The zero-order valence-corrected chi connectivity index (χ0v) is 23.3. The number of ketones is 1. The Bertz CT molecular complexity index is 1590. The van der Waals surface area contributed by atoms with Crippen LogP contribution in [0, 0.1) is 0 Å². The lowest BCUT2D eigenvalue weighted by Gasteiger charge is -2.16. The van der Waals surface area contributed by atoms with Crippen molar-refractivity contribution in [3.63, 3.8) is 0 Å². The molecule has 1 aliphatic carbocycles. The first-order chi connectivity index (χ1) is 18.1. The average Bonchev–Trinajstić information content (AvgIpc) is 3.51. The van der Waals surface area contributed by atoms with Gasteiger partial charge in [-0.2, -0.15) is 4.98 Å². The van der Waals surface area contributed by atoms with E-state index in [9.17, 15) is 13.2 Å². The number of aromatic nitrogens is 3. The molecular weight excluding hydrogens is 569 g/mol. The quantitative estimate of drug-likeness (QED) is 0.225. The molecule has 11 heteroatoms. The number of carbonyl (C=O) groups is 1. The molecule has 0 N–H and O–H groups in total. The van der Waals surface area contributed by atoms with Crippen molar-refractivity contribution in [1.29, 1.82) is 0 Å². The molecule has 5 rings (SSSR count). The molecule has 4 aromatic rings. The van der Waals surface area contributed by atoms with E-state index in [0.717, 1.165) is 24.0 Å². The van der Waals surface area contributed by atoms with E-state index in [-0.39, 0.29) is 29.3 Å². The number of nitrogens with zero attached hydrogens (tertiary/aromatic N) is 3. The summed E-state index contributed by atoms with van der Waals surface area (Å²) in [6.07, 6.45) is 2.98. The summed E-state index contributed by atoms with van der Waals surface area (Å²) in [5, 5.41) is 5.70. The van der Waals surface area contributed by atoms with Gasteiger partial charge in [0.2, 0.25) is 0 Å². The molecule has 0 spiro atoms. The third-order valence-electron chi connectivity index (χ3n) is 6.59. The van der Waals surface area contributed by atoms with Crippen molar-refractivity contribution >= 4 is 50.4 Å². The number of Topliss-reactive ketones (excluding diaryl/α,β-unsaturated/α-hetero) is 1. The molecule has 2 aromatic carbocycles. The Morgan fingerprint density at radius 3 is 2.26 bits per heavy atom. The lowest BCUT2D eigenvalue weighted by molar-refractivity contribution is -0.117. The Kier molecular flexibility index (Phi) is 7.35. The van der Waals surface area contributed by atoms with Gasteiger partial charge in [0.15, 0.2) is 15.7 Å². The van der Waals surface area contributed by atoms with Crippen LogP contribution in [0.2, 0.25) is 15.1 Å². The first kappa shape index (κ1) is 26.8. The summed E-state index contributed by atoms with van der Waals surface area (Å²) in [4.78, 5) is 21.6. The first-order valence-electron chi connectivity index (χ1n) is 11.9. The zero-order chi connectivity index (χ0) is 27.1. The number of hydrogen-bond donors (Lipinski definition) is 0. The summed E-state index contributed by atoms with van der Waals surface area (Å²) < 4.78 is 29.4. The second-order valence-corrected chi connectivity index (χ2v) is 12.8. The topological polar surface area (TPSA) is 103 Å². The Morgan fingerprint density at radius 1 is 1.00 bits per heavy atom. The largest absolute Gasteiger partial charge is 0.334 e. The zero-order valence-electron chi connectivity index (χ0n) is 20.2. The fraction of sp³-hybridized carbons (Fsp3) is 0.259. The monoisotopic (exact) mass is 589 g/mol. The maximum atomic E-state index is 12.7. The van der Waals surface area contributed by atoms with Crippen LogP contribution in [0.4, 0.5) is 0 Å². The number of sulfone groups is 1. The summed E-state index contributed by atoms with van der Waals surface area (Å²) in [5.74, 6) is 0.776. The summed E-state index contributed by atoms with van der Waals surface area (Å²) in [5.41, 5.74) is 2.09. The van der Waals surface area contributed by atoms with Crippen LogP contribution >= 0.6 is 34.8 Å². The van der Waals surface area contributed by atoms with Crippen molar-refractivity contribution in [3.05, 3.63) is 92.4 Å². The molecule has 0 bridgehead atoms. The van der Waals surface area contributed by atoms with Crippen molar-refractivity contribution in [2.24, 2.45) is 0 Å². The molecule has 7 nitrogen and oxygen atoms in total. The molecule has 0 atom stereocenters. The van der Waals surface area contributed by atoms with Crippen molar-refractivity contribution < 1.29 is 17.7 Å². The number of pyridine rings is 1. The number of rotatable bonds is 9. The van der Waals surface area contributed by atoms with E-state index in [0.29, 0.717) is 38.0 Å². The number of carbonyl (C=O) groups excluding carboxylic acids is 1. The molecule has 0 unspecified atom stereocenters. The van der Waals surface area contributed by atoms with E-state index < -0.39 is 15.3 Å². The van der Waals surface area contributed by atoms with Gasteiger partial charge < -0.3 is 4.52 Å². The minimum atomic E-state index is -3.34. The molecule has 196 valence electrons. The molecule has 2 aromatic heterocycles. The summed E-state index contributed by atoms with van der Waals surface area (Å²) >= 11 is 19.4. The Hall–Kier alpha value is -2.78. The van der Waals surface area contributed by atoms with E-state index >= 15 is 0 Å². The highest BCUT2D eigenvalue weighted by Gasteiger charge is 2.52. The fourth-order valence-electron chi connectivity index (χ4n) is 4.38. The van der Waals surface area contributed by atoms with E-state index in [1.165, 1.54) is 12.3 Å². The van der Waals surface area contributed by atoms with Gasteiger partial charge in [0, 0.05) is 50.9 Å². The Morgan fingerprint density at radius 2 is 1.68 bits per heavy atom. The second-order valence-electron chi connectivity index (χ2n) is 9.23. The van der Waals surface area contributed by atoms with Crippen molar-refractivity contribution in [2.45, 2.75) is 42.9 Å². The van der Waals surface area contributed by atoms with Gasteiger partial charge in [-0.05, 0) is 66.9 Å². The molecule has 38 heavy (non-hydrogen) atoms. The van der Waals surface area contributed by atoms with Gasteiger partial charge in [-0.15, -0.1) is 0 Å². The van der Waals surface area contributed by atoms with Crippen LogP contribution in [0.3, 0.4) is 0 Å². The van der Waals surface area contributed by atoms with Gasteiger partial charge in [0.25, 0.3) is 5.89 Å². The van der Waals surface area contributed by atoms with Gasteiger partial charge in [0.05, 0.1) is 16.1 Å². The van der Waals surface area contributed by atoms with Crippen LogP contribution in [-0.4, -0.2) is 35.1 Å². The highest BCUT2D eigenvalue weighted by atomic mass is 35.5. The van der Waals surface area contributed by atoms with Gasteiger partial charge in [-0.1, -0.05) is 46.9 Å². The summed E-state index contributed by atoms with van der Waals surface area (Å²) in [6, 6.07) is 13.6. The van der Waals surface area contributed by atoms with E-state index in [2.05, 4.69) is 15.1 Å². The molecule has 0 aliphatic heterocycles. The third-order valence-corrected chi connectivity index (χ3v) is 9.16. The minimum absolute atomic E-state index is 0.0119. The van der Waals surface area contributed by atoms with Crippen LogP contribution in [0.5, 0.6) is 0 Å². The van der Waals surface area contributed by atoms with Crippen molar-refractivity contribution in [2.75, 3.05) is 5.75 Å². The summed E-state index contributed by atoms with van der Waals surface area (Å²) in [6.45, 7) is 1.57. The lowest BCUT2D eigenvalue weighted by Crippen LogP contribution is -2.14. The molecule has 1 fully saturated rings. The van der Waals surface area contributed by atoms with Gasteiger partial charge in [-0.3, -0.25) is 9.78 Å². The number of halogens is 3. The number of hydrogen-bond acceptors (Lipinski definition) is 7. The predicted octanol–water partition coefficient (Wildman–Crippen LogP) is 6.32. The molecule has 1 aliphatic rings. The molecule has 0 saturated heterocycles. The summed E-state index contributed by atoms with van der Waals surface area (Å²) in [7, 11) is -3.34. The SMILES string of the molecule is CCS(=O)(=O)c1ccc(CC(=O)Cc2cc(Cl)c(C3(c4noc(-c5ccc(Cl)cc5)n4)CC3)c(Cl)c2)nc1. The van der Waals surface area contributed by atoms with Gasteiger partial charge in [0.1, 0.15) is 5.78 Å². The smallest absolute Gasteiger partial charge is 0.257 e. The minimum Gasteiger partial charge on any atom is -0.334 e. The Balaban J connectivity index is 1.32. The van der Waals surface area contributed by atoms with Gasteiger partial charge >= 0.3 is 0 Å². The maximum Gasteiger partial charge on any atom is 0.257 e. The normalized spacial score (nSPS) is 14.4. The molecule has 0 radical (unpaired) electrons. The first-order valence-corrected chi connectivity index (χ1v) is 14.7. The molecule has 1 saturated carbocycles. The van der Waals surface area contributed by atoms with E-state index in [1.807, 2.05) is 12.1 Å². The third kappa shape index (κ3) is 5.36. The van der Waals surface area contributed by atoms with E-state index in [1.54, 1.807) is 37.3 Å². The standard InChI is InChI=1S/C27H22Cl3N3O4S/c1-2-38(35,36)21-8-7-19(31-15-21)14-20(34)11-16-12-22(29)24(23(30)13-16)27(9-10-27)26-32-25(37-33-26)17-3-5-18(28)6-4-17/h3-8,12-13,15H,2,9-11,14H2,1H3. The number of benzene rings is 2. The molecule has 2 heterocycles. The van der Waals surface area contributed by atoms with Crippen molar-refractivity contribution in [3.8, 4) is 11.5 Å². The highest BCUT2D eigenvalue weighted by molar-refractivity contribution is 7.91. The average molecular weight is 591 g/mol.